The molecule has 0 unspecified atom stereocenters. The molecule has 0 aliphatic heterocycles. The first-order valence-corrected chi connectivity index (χ1v) is 5.64. The molecule has 0 aliphatic rings. The van der Waals surface area contributed by atoms with Gasteiger partial charge in [-0.15, -0.1) is 0 Å². The molecule has 0 bridgehead atoms. The van der Waals surface area contributed by atoms with Crippen molar-refractivity contribution in [2.45, 2.75) is 32.5 Å². The summed E-state index contributed by atoms with van der Waals surface area (Å²) in [5.41, 5.74) is -2.52. The van der Waals surface area contributed by atoms with Gasteiger partial charge in [0, 0.05) is 0 Å². The first-order chi connectivity index (χ1) is 9.03. The fourth-order valence-electron chi connectivity index (χ4n) is 1.37. The Morgan fingerprint density at radius 3 is 2.35 bits per heavy atom. The predicted molar refractivity (Wildman–Crippen MR) is 66.0 cm³/mol. The molecule has 1 rings (SSSR count). The highest BCUT2D eigenvalue weighted by Gasteiger charge is 2.34. The van der Waals surface area contributed by atoms with E-state index in [2.05, 4.69) is 0 Å². The van der Waals surface area contributed by atoms with E-state index in [1.165, 1.54) is 6.07 Å². The Morgan fingerprint density at radius 1 is 1.30 bits per heavy atom. The third-order valence-corrected chi connectivity index (χ3v) is 2.09. The van der Waals surface area contributed by atoms with Crippen LogP contribution in [0.2, 0.25) is 0 Å². The predicted octanol–water partition coefficient (Wildman–Crippen LogP) is 3.92. The van der Waals surface area contributed by atoms with E-state index in [1.807, 2.05) is 5.32 Å². The molecule has 0 aliphatic carbocycles. The minimum Gasteiger partial charge on any atom is -0.444 e. The van der Waals surface area contributed by atoms with E-state index in [4.69, 9.17) is 10.00 Å². The van der Waals surface area contributed by atoms with Crippen LogP contribution in [0.5, 0.6) is 0 Å². The maximum atomic E-state index is 12.9. The molecule has 0 radical (unpaired) electrons. The van der Waals surface area contributed by atoms with E-state index >= 15 is 0 Å². The van der Waals surface area contributed by atoms with Crippen LogP contribution < -0.4 is 5.32 Å². The molecule has 1 aromatic rings. The van der Waals surface area contributed by atoms with E-state index in [9.17, 15) is 18.0 Å². The molecule has 20 heavy (non-hydrogen) atoms. The number of hydrogen-bond acceptors (Lipinski definition) is 3. The van der Waals surface area contributed by atoms with Crippen LogP contribution in [0.3, 0.4) is 0 Å². The Kier molecular flexibility index (Phi) is 4.28. The van der Waals surface area contributed by atoms with Gasteiger partial charge < -0.3 is 4.74 Å². The lowest BCUT2D eigenvalue weighted by atomic mass is 10.1. The van der Waals surface area contributed by atoms with Crippen LogP contribution in [0, 0.1) is 11.3 Å². The first-order valence-electron chi connectivity index (χ1n) is 5.64. The molecule has 1 aromatic carbocycles. The SMILES string of the molecule is CC(C)(C)OC(=O)Nc1ccc(C#N)cc1C(F)(F)F. The Morgan fingerprint density at radius 2 is 1.90 bits per heavy atom. The van der Waals surface area contributed by atoms with E-state index in [-0.39, 0.29) is 5.56 Å². The third-order valence-electron chi connectivity index (χ3n) is 2.09. The van der Waals surface area contributed by atoms with Gasteiger partial charge in [0.2, 0.25) is 0 Å². The van der Waals surface area contributed by atoms with Crippen LogP contribution in [0.4, 0.5) is 23.7 Å². The lowest BCUT2D eigenvalue weighted by Gasteiger charge is -2.21. The average Bonchev–Trinajstić information content (AvgIpc) is 2.25. The molecule has 1 N–H and O–H groups in total. The zero-order valence-electron chi connectivity index (χ0n) is 11.1. The van der Waals surface area contributed by atoms with Gasteiger partial charge in [0.15, 0.2) is 0 Å². The van der Waals surface area contributed by atoms with Crippen molar-refractivity contribution in [1.82, 2.24) is 0 Å². The van der Waals surface area contributed by atoms with E-state index in [0.29, 0.717) is 6.07 Å². The van der Waals surface area contributed by atoms with Gasteiger partial charge in [0.1, 0.15) is 5.60 Å². The van der Waals surface area contributed by atoms with Crippen LogP contribution in [0.1, 0.15) is 31.9 Å². The highest BCUT2D eigenvalue weighted by molar-refractivity contribution is 5.86. The van der Waals surface area contributed by atoms with Crippen molar-refractivity contribution in [1.29, 1.82) is 5.26 Å². The summed E-state index contributed by atoms with van der Waals surface area (Å²) in [6.07, 6.45) is -5.68. The summed E-state index contributed by atoms with van der Waals surface area (Å²) in [5, 5.41) is 10.7. The number of rotatable bonds is 1. The van der Waals surface area contributed by atoms with Crippen LogP contribution in [-0.4, -0.2) is 11.7 Å². The molecule has 0 atom stereocenters. The molecule has 0 fully saturated rings. The maximum Gasteiger partial charge on any atom is 0.418 e. The number of benzene rings is 1. The number of carbonyl (C=O) groups is 1. The number of nitriles is 1. The van der Waals surface area contributed by atoms with Gasteiger partial charge >= 0.3 is 12.3 Å². The molecule has 0 saturated heterocycles. The highest BCUT2D eigenvalue weighted by atomic mass is 19.4. The van der Waals surface area contributed by atoms with Crippen LogP contribution >= 0.6 is 0 Å². The number of hydrogen-bond donors (Lipinski definition) is 1. The number of halogens is 3. The molecule has 0 heterocycles. The summed E-state index contributed by atoms with van der Waals surface area (Å²) >= 11 is 0. The second kappa shape index (κ2) is 5.41. The number of anilines is 1. The molecule has 4 nitrogen and oxygen atoms in total. The van der Waals surface area contributed by atoms with E-state index < -0.39 is 29.1 Å². The standard InChI is InChI=1S/C13H13F3N2O2/c1-12(2,3)20-11(19)18-10-5-4-8(7-17)6-9(10)13(14,15)16/h4-6H,1-3H3,(H,18,19). The molecular formula is C13H13F3N2O2. The number of ether oxygens (including phenoxy) is 1. The Hall–Kier alpha value is -2.23. The van der Waals surface area contributed by atoms with Gasteiger partial charge in [0.25, 0.3) is 0 Å². The van der Waals surface area contributed by atoms with Crippen molar-refractivity contribution in [2.75, 3.05) is 5.32 Å². The maximum absolute atomic E-state index is 12.9. The van der Waals surface area contributed by atoms with Crippen molar-refractivity contribution < 1.29 is 22.7 Å². The summed E-state index contributed by atoms with van der Waals surface area (Å²) in [4.78, 5) is 11.5. The summed E-state index contributed by atoms with van der Waals surface area (Å²) in [6, 6.07) is 4.49. The Labute approximate surface area is 114 Å². The van der Waals surface area contributed by atoms with Gasteiger partial charge in [-0.2, -0.15) is 18.4 Å². The summed E-state index contributed by atoms with van der Waals surface area (Å²) in [5.74, 6) is 0. The highest BCUT2D eigenvalue weighted by Crippen LogP contribution is 2.35. The zero-order valence-corrected chi connectivity index (χ0v) is 11.1. The minimum atomic E-state index is -4.68. The lowest BCUT2D eigenvalue weighted by molar-refractivity contribution is -0.136. The zero-order chi connectivity index (χ0) is 15.6. The number of carbonyl (C=O) groups excluding carboxylic acids is 1. The third kappa shape index (κ3) is 4.46. The second-order valence-electron chi connectivity index (χ2n) is 5.00. The molecule has 0 aromatic heterocycles. The molecule has 1 amide bonds. The van der Waals surface area contributed by atoms with Gasteiger partial charge in [-0.05, 0) is 39.0 Å². The largest absolute Gasteiger partial charge is 0.444 e. The number of nitrogens with zero attached hydrogens (tertiary/aromatic N) is 1. The fourth-order valence-corrected chi connectivity index (χ4v) is 1.37. The van der Waals surface area contributed by atoms with E-state index in [1.54, 1.807) is 26.8 Å². The normalized spacial score (nSPS) is 11.7. The lowest BCUT2D eigenvalue weighted by Crippen LogP contribution is -2.28. The van der Waals surface area contributed by atoms with Crippen molar-refractivity contribution in [3.8, 4) is 6.07 Å². The Bertz CT molecular complexity index is 554. The quantitative estimate of drug-likeness (QED) is 0.851. The van der Waals surface area contributed by atoms with Gasteiger partial charge in [-0.3, -0.25) is 5.32 Å². The van der Waals surface area contributed by atoms with Crippen LogP contribution in [0.25, 0.3) is 0 Å². The van der Waals surface area contributed by atoms with Crippen LogP contribution in [0.15, 0.2) is 18.2 Å². The smallest absolute Gasteiger partial charge is 0.418 e. The van der Waals surface area contributed by atoms with Crippen molar-refractivity contribution in [3.05, 3.63) is 29.3 Å². The summed E-state index contributed by atoms with van der Waals surface area (Å²) in [7, 11) is 0. The Balaban J connectivity index is 3.07. The molecular weight excluding hydrogens is 273 g/mol. The van der Waals surface area contributed by atoms with Crippen molar-refractivity contribution >= 4 is 11.8 Å². The van der Waals surface area contributed by atoms with Gasteiger partial charge in [-0.1, -0.05) is 0 Å². The van der Waals surface area contributed by atoms with Gasteiger partial charge in [-0.25, -0.2) is 4.79 Å². The topological polar surface area (TPSA) is 62.1 Å². The average molecular weight is 286 g/mol. The molecule has 7 heteroatoms. The van der Waals surface area contributed by atoms with E-state index in [0.717, 1.165) is 6.07 Å². The first kappa shape index (κ1) is 15.8. The number of alkyl halides is 3. The molecule has 0 spiro atoms. The number of amides is 1. The number of nitrogens with one attached hydrogen (secondary N) is 1. The van der Waals surface area contributed by atoms with Gasteiger partial charge in [0.05, 0.1) is 22.9 Å². The van der Waals surface area contributed by atoms with Crippen molar-refractivity contribution in [3.63, 3.8) is 0 Å². The molecule has 108 valence electrons. The molecule has 0 saturated carbocycles. The summed E-state index contributed by atoms with van der Waals surface area (Å²) < 4.78 is 43.4. The van der Waals surface area contributed by atoms with Crippen molar-refractivity contribution in [2.24, 2.45) is 0 Å². The summed E-state index contributed by atoms with van der Waals surface area (Å²) in [6.45, 7) is 4.78. The monoisotopic (exact) mass is 286 g/mol. The second-order valence-corrected chi connectivity index (χ2v) is 5.00. The van der Waals surface area contributed by atoms with Crippen LogP contribution in [-0.2, 0) is 10.9 Å². The fraction of sp³-hybridized carbons (Fsp3) is 0.385. The minimum absolute atomic E-state index is 0.146.